The maximum absolute atomic E-state index is 3.51. The van der Waals surface area contributed by atoms with Crippen LogP contribution in [-0.4, -0.2) is 30.1 Å². The summed E-state index contributed by atoms with van der Waals surface area (Å²) in [6.07, 6.45) is 0. The number of hydrogen-bond donors (Lipinski definition) is 1. The number of hydrogen-bond acceptors (Lipinski definition) is 2. The summed E-state index contributed by atoms with van der Waals surface area (Å²) in [6.45, 7) is 7.88. The third-order valence-corrected chi connectivity index (χ3v) is 3.12. The number of piperazine rings is 1. The summed E-state index contributed by atoms with van der Waals surface area (Å²) in [4.78, 5) is 2.55. The fraction of sp³-hybridized carbons (Fsp3) is 0.538. The molecule has 2 atom stereocenters. The van der Waals surface area contributed by atoms with Crippen molar-refractivity contribution in [3.05, 3.63) is 35.9 Å². The lowest BCUT2D eigenvalue weighted by Gasteiger charge is -2.37. The molecular formula is C13H22Cl2N2. The van der Waals surface area contributed by atoms with E-state index in [1.165, 1.54) is 5.56 Å². The molecule has 2 nitrogen and oxygen atoms in total. The monoisotopic (exact) mass is 276 g/mol. The molecule has 4 heteroatoms. The highest BCUT2D eigenvalue weighted by molar-refractivity contribution is 5.85. The van der Waals surface area contributed by atoms with Crippen LogP contribution in [0.25, 0.3) is 0 Å². The van der Waals surface area contributed by atoms with E-state index in [-0.39, 0.29) is 24.8 Å². The average molecular weight is 277 g/mol. The molecule has 0 saturated carbocycles. The van der Waals surface area contributed by atoms with Gasteiger partial charge < -0.3 is 5.32 Å². The minimum atomic E-state index is 0. The molecule has 1 aliphatic rings. The van der Waals surface area contributed by atoms with Crippen LogP contribution in [0.1, 0.15) is 19.4 Å². The van der Waals surface area contributed by atoms with Crippen molar-refractivity contribution in [2.24, 2.45) is 0 Å². The smallest absolute Gasteiger partial charge is 0.0237 e. The molecule has 0 radical (unpaired) electrons. The minimum absolute atomic E-state index is 0. The predicted octanol–water partition coefficient (Wildman–Crippen LogP) is 2.71. The zero-order valence-electron chi connectivity index (χ0n) is 10.4. The van der Waals surface area contributed by atoms with Crippen LogP contribution in [0, 0.1) is 0 Å². The lowest BCUT2D eigenvalue weighted by atomic mass is 10.1. The Morgan fingerprint density at radius 2 is 1.82 bits per heavy atom. The van der Waals surface area contributed by atoms with Crippen LogP contribution in [-0.2, 0) is 6.54 Å². The first-order valence-electron chi connectivity index (χ1n) is 5.77. The van der Waals surface area contributed by atoms with Gasteiger partial charge in [0.25, 0.3) is 0 Å². The SMILES string of the molecule is C[C@@H]1CN(Cc2ccccc2)[C@@H](C)CN1.Cl.Cl. The van der Waals surface area contributed by atoms with E-state index < -0.39 is 0 Å². The zero-order chi connectivity index (χ0) is 10.7. The van der Waals surface area contributed by atoms with E-state index >= 15 is 0 Å². The molecule has 17 heavy (non-hydrogen) atoms. The topological polar surface area (TPSA) is 15.3 Å². The van der Waals surface area contributed by atoms with Crippen molar-refractivity contribution in [3.8, 4) is 0 Å². The molecule has 1 fully saturated rings. The van der Waals surface area contributed by atoms with Crippen LogP contribution in [0.3, 0.4) is 0 Å². The number of rotatable bonds is 2. The second-order valence-corrected chi connectivity index (χ2v) is 4.57. The molecule has 1 N–H and O–H groups in total. The normalized spacial score (nSPS) is 24.6. The number of nitrogens with one attached hydrogen (secondary N) is 1. The molecule has 1 aromatic rings. The van der Waals surface area contributed by atoms with Gasteiger partial charge in [0, 0.05) is 31.7 Å². The Hall–Kier alpha value is -0.280. The summed E-state index contributed by atoms with van der Waals surface area (Å²) in [5.74, 6) is 0. The second kappa shape index (κ2) is 7.93. The molecule has 0 amide bonds. The molecule has 1 saturated heterocycles. The van der Waals surface area contributed by atoms with Gasteiger partial charge in [-0.2, -0.15) is 0 Å². The van der Waals surface area contributed by atoms with Crippen molar-refractivity contribution < 1.29 is 0 Å². The summed E-state index contributed by atoms with van der Waals surface area (Å²) in [5.41, 5.74) is 1.42. The molecule has 0 unspecified atom stereocenters. The van der Waals surface area contributed by atoms with Crippen molar-refractivity contribution in [1.29, 1.82) is 0 Å². The third-order valence-electron chi connectivity index (χ3n) is 3.12. The molecule has 0 spiro atoms. The van der Waals surface area contributed by atoms with Gasteiger partial charge in [0.2, 0.25) is 0 Å². The van der Waals surface area contributed by atoms with E-state index in [1.807, 2.05) is 0 Å². The zero-order valence-corrected chi connectivity index (χ0v) is 12.1. The first kappa shape index (κ1) is 16.7. The lowest BCUT2D eigenvalue weighted by Crippen LogP contribution is -2.53. The highest BCUT2D eigenvalue weighted by Gasteiger charge is 2.21. The van der Waals surface area contributed by atoms with Gasteiger partial charge in [-0.25, -0.2) is 0 Å². The Kier molecular flexibility index (Phi) is 7.80. The summed E-state index contributed by atoms with van der Waals surface area (Å²) in [6, 6.07) is 12.0. The van der Waals surface area contributed by atoms with Crippen LogP contribution < -0.4 is 5.32 Å². The van der Waals surface area contributed by atoms with Crippen LogP contribution >= 0.6 is 24.8 Å². The maximum atomic E-state index is 3.51. The van der Waals surface area contributed by atoms with Crippen molar-refractivity contribution in [2.75, 3.05) is 13.1 Å². The molecule has 1 aliphatic heterocycles. The van der Waals surface area contributed by atoms with Gasteiger partial charge in [-0.3, -0.25) is 4.90 Å². The van der Waals surface area contributed by atoms with E-state index in [2.05, 4.69) is 54.4 Å². The summed E-state index contributed by atoms with van der Waals surface area (Å²) in [5, 5.41) is 3.51. The standard InChI is InChI=1S/C13H20N2.2ClH/c1-11-9-15(12(2)8-14-11)10-13-6-4-3-5-7-13;;/h3-7,11-12,14H,8-10H2,1-2H3;2*1H/t11-,12+;;/m1../s1. The van der Waals surface area contributed by atoms with E-state index in [1.54, 1.807) is 0 Å². The van der Waals surface area contributed by atoms with Crippen molar-refractivity contribution in [2.45, 2.75) is 32.5 Å². The number of benzene rings is 1. The lowest BCUT2D eigenvalue weighted by molar-refractivity contribution is 0.139. The Morgan fingerprint density at radius 3 is 2.47 bits per heavy atom. The Bertz CT molecular complexity index is 306. The molecule has 0 aromatic heterocycles. The molecular weight excluding hydrogens is 255 g/mol. The van der Waals surface area contributed by atoms with Crippen molar-refractivity contribution >= 4 is 24.8 Å². The van der Waals surface area contributed by atoms with Crippen molar-refractivity contribution in [1.82, 2.24) is 10.2 Å². The van der Waals surface area contributed by atoms with Crippen LogP contribution in [0.5, 0.6) is 0 Å². The van der Waals surface area contributed by atoms with Gasteiger partial charge in [-0.05, 0) is 19.4 Å². The van der Waals surface area contributed by atoms with E-state index in [9.17, 15) is 0 Å². The van der Waals surface area contributed by atoms with Gasteiger partial charge in [0.1, 0.15) is 0 Å². The summed E-state index contributed by atoms with van der Waals surface area (Å²) in [7, 11) is 0. The Balaban J connectivity index is 0.00000128. The first-order chi connectivity index (χ1) is 7.25. The van der Waals surface area contributed by atoms with E-state index in [0.29, 0.717) is 12.1 Å². The van der Waals surface area contributed by atoms with Crippen LogP contribution in [0.2, 0.25) is 0 Å². The van der Waals surface area contributed by atoms with Gasteiger partial charge in [0.05, 0.1) is 0 Å². The van der Waals surface area contributed by atoms with Gasteiger partial charge in [0.15, 0.2) is 0 Å². The van der Waals surface area contributed by atoms with E-state index in [0.717, 1.165) is 19.6 Å². The Labute approximate surface area is 117 Å². The van der Waals surface area contributed by atoms with Gasteiger partial charge in [-0.1, -0.05) is 30.3 Å². The highest BCUT2D eigenvalue weighted by atomic mass is 35.5. The first-order valence-corrected chi connectivity index (χ1v) is 5.77. The fourth-order valence-corrected chi connectivity index (χ4v) is 2.14. The molecule has 0 bridgehead atoms. The van der Waals surface area contributed by atoms with Crippen molar-refractivity contribution in [3.63, 3.8) is 0 Å². The Morgan fingerprint density at radius 1 is 1.18 bits per heavy atom. The summed E-state index contributed by atoms with van der Waals surface area (Å²) < 4.78 is 0. The van der Waals surface area contributed by atoms with E-state index in [4.69, 9.17) is 0 Å². The van der Waals surface area contributed by atoms with Crippen LogP contribution in [0.4, 0.5) is 0 Å². The fourth-order valence-electron chi connectivity index (χ4n) is 2.14. The third kappa shape index (κ3) is 4.84. The van der Waals surface area contributed by atoms with Gasteiger partial charge >= 0.3 is 0 Å². The molecule has 1 heterocycles. The average Bonchev–Trinajstić information content (AvgIpc) is 2.25. The number of halogens is 2. The molecule has 98 valence electrons. The molecule has 2 rings (SSSR count). The predicted molar refractivity (Wildman–Crippen MR) is 78.3 cm³/mol. The largest absolute Gasteiger partial charge is 0.311 e. The van der Waals surface area contributed by atoms with Crippen LogP contribution in [0.15, 0.2) is 30.3 Å². The highest BCUT2D eigenvalue weighted by Crippen LogP contribution is 2.11. The molecule has 1 aromatic carbocycles. The second-order valence-electron chi connectivity index (χ2n) is 4.57. The maximum Gasteiger partial charge on any atom is 0.0237 e. The molecule has 0 aliphatic carbocycles. The minimum Gasteiger partial charge on any atom is -0.311 e. The number of nitrogens with zero attached hydrogens (tertiary/aromatic N) is 1. The quantitative estimate of drug-likeness (QED) is 0.894. The summed E-state index contributed by atoms with van der Waals surface area (Å²) >= 11 is 0. The van der Waals surface area contributed by atoms with Gasteiger partial charge in [-0.15, -0.1) is 24.8 Å².